The molecule has 0 fully saturated rings. The molecule has 0 saturated heterocycles. The highest BCUT2D eigenvalue weighted by Crippen LogP contribution is 2.21. The number of aliphatic hydroxyl groups is 1. The van der Waals surface area contributed by atoms with Crippen molar-refractivity contribution < 1.29 is 9.90 Å². The average Bonchev–Trinajstić information content (AvgIpc) is 2.30. The minimum atomic E-state index is -0.0920. The van der Waals surface area contributed by atoms with Crippen molar-refractivity contribution in [1.29, 1.82) is 0 Å². The van der Waals surface area contributed by atoms with Crippen molar-refractivity contribution in [3.8, 4) is 0 Å². The van der Waals surface area contributed by atoms with Gasteiger partial charge in [0.2, 0.25) is 5.91 Å². The number of nitrogens with one attached hydrogen (secondary N) is 1. The molecule has 0 radical (unpaired) electrons. The van der Waals surface area contributed by atoms with Crippen molar-refractivity contribution in [2.75, 3.05) is 12.3 Å². The van der Waals surface area contributed by atoms with Crippen molar-refractivity contribution in [3.63, 3.8) is 0 Å². The summed E-state index contributed by atoms with van der Waals surface area (Å²) in [5.74, 6) is -0.0920. The van der Waals surface area contributed by atoms with E-state index in [0.29, 0.717) is 17.8 Å². The second-order valence-electron chi connectivity index (χ2n) is 5.76. The van der Waals surface area contributed by atoms with E-state index in [-0.39, 0.29) is 30.4 Å². The molecule has 5 nitrogen and oxygen atoms in total. The summed E-state index contributed by atoms with van der Waals surface area (Å²) in [6, 6.07) is 3.41. The Labute approximate surface area is 114 Å². The van der Waals surface area contributed by atoms with Crippen LogP contribution >= 0.6 is 0 Å². The summed E-state index contributed by atoms with van der Waals surface area (Å²) < 4.78 is 0. The number of nitrogens with zero attached hydrogens (tertiary/aromatic N) is 1. The van der Waals surface area contributed by atoms with E-state index < -0.39 is 0 Å². The molecule has 1 amide bonds. The van der Waals surface area contributed by atoms with Crippen molar-refractivity contribution in [1.82, 2.24) is 10.3 Å². The van der Waals surface area contributed by atoms with Crippen LogP contribution in [0.5, 0.6) is 0 Å². The molecule has 0 bridgehead atoms. The molecular weight excluding hydrogens is 242 g/mol. The van der Waals surface area contributed by atoms with E-state index in [9.17, 15) is 4.79 Å². The van der Waals surface area contributed by atoms with Gasteiger partial charge in [0, 0.05) is 18.3 Å². The van der Waals surface area contributed by atoms with Gasteiger partial charge in [-0.15, -0.1) is 0 Å². The zero-order valence-electron chi connectivity index (χ0n) is 11.8. The van der Waals surface area contributed by atoms with Crippen LogP contribution in [0.15, 0.2) is 18.3 Å². The first-order valence-corrected chi connectivity index (χ1v) is 6.43. The molecule has 1 aromatic rings. The number of nitrogens with two attached hydrogens (primary N) is 1. The predicted molar refractivity (Wildman–Crippen MR) is 75.4 cm³/mol. The quantitative estimate of drug-likeness (QED) is 0.744. The molecule has 0 aliphatic rings. The monoisotopic (exact) mass is 265 g/mol. The van der Waals surface area contributed by atoms with E-state index in [4.69, 9.17) is 10.8 Å². The zero-order valence-corrected chi connectivity index (χ0v) is 11.8. The van der Waals surface area contributed by atoms with Gasteiger partial charge < -0.3 is 16.2 Å². The van der Waals surface area contributed by atoms with Crippen LogP contribution in [-0.2, 0) is 11.2 Å². The fraction of sp³-hybridized carbons (Fsp3) is 0.571. The van der Waals surface area contributed by atoms with Crippen LogP contribution in [0.3, 0.4) is 0 Å². The number of aromatic nitrogens is 1. The lowest BCUT2D eigenvalue weighted by molar-refractivity contribution is -0.122. The van der Waals surface area contributed by atoms with Gasteiger partial charge in [-0.25, -0.2) is 0 Å². The average molecular weight is 265 g/mol. The zero-order chi connectivity index (χ0) is 14.5. The molecule has 1 rings (SSSR count). The number of pyridine rings is 1. The number of anilines is 1. The Morgan fingerprint density at radius 1 is 1.47 bits per heavy atom. The van der Waals surface area contributed by atoms with Crippen LogP contribution in [0.4, 0.5) is 5.69 Å². The Kier molecular flexibility index (Phi) is 5.30. The molecule has 0 saturated carbocycles. The minimum absolute atomic E-state index is 0.0567. The number of hydrogen-bond acceptors (Lipinski definition) is 4. The topological polar surface area (TPSA) is 88.2 Å². The molecule has 0 spiro atoms. The van der Waals surface area contributed by atoms with E-state index in [0.717, 1.165) is 0 Å². The third kappa shape index (κ3) is 5.26. The molecule has 4 N–H and O–H groups in total. The van der Waals surface area contributed by atoms with Crippen LogP contribution in [0, 0.1) is 5.41 Å². The first-order chi connectivity index (χ1) is 8.82. The highest BCUT2D eigenvalue weighted by atomic mass is 16.3. The van der Waals surface area contributed by atoms with Crippen LogP contribution in [-0.4, -0.2) is 28.6 Å². The standard InChI is InChI=1S/C14H23N3O2/c1-14(2,3)12(6-7-18)17-13(19)8-11-5-4-10(15)9-16-11/h4-5,9,12,18H,6-8,15H2,1-3H3,(H,17,19). The molecule has 0 aliphatic heterocycles. The third-order valence-corrected chi connectivity index (χ3v) is 2.99. The summed E-state index contributed by atoms with van der Waals surface area (Å²) in [6.07, 6.45) is 2.31. The molecule has 19 heavy (non-hydrogen) atoms. The number of carbonyl (C=O) groups is 1. The smallest absolute Gasteiger partial charge is 0.226 e. The molecular formula is C14H23N3O2. The summed E-state index contributed by atoms with van der Waals surface area (Å²) in [7, 11) is 0. The Hall–Kier alpha value is -1.62. The Morgan fingerprint density at radius 2 is 2.16 bits per heavy atom. The minimum Gasteiger partial charge on any atom is -0.397 e. The first kappa shape index (κ1) is 15.4. The summed E-state index contributed by atoms with van der Waals surface area (Å²) in [5, 5.41) is 12.0. The largest absolute Gasteiger partial charge is 0.397 e. The number of rotatable bonds is 5. The lowest BCUT2D eigenvalue weighted by Crippen LogP contribution is -2.44. The van der Waals surface area contributed by atoms with Crippen molar-refractivity contribution in [2.45, 2.75) is 39.7 Å². The summed E-state index contributed by atoms with van der Waals surface area (Å²) in [6.45, 7) is 6.17. The van der Waals surface area contributed by atoms with Gasteiger partial charge in [0.1, 0.15) is 0 Å². The first-order valence-electron chi connectivity index (χ1n) is 6.43. The molecule has 1 atom stereocenters. The fourth-order valence-electron chi connectivity index (χ4n) is 1.80. The van der Waals surface area contributed by atoms with E-state index in [1.807, 2.05) is 20.8 Å². The maximum atomic E-state index is 12.0. The fourth-order valence-corrected chi connectivity index (χ4v) is 1.80. The lowest BCUT2D eigenvalue weighted by atomic mass is 9.85. The predicted octanol–water partition coefficient (Wildman–Crippen LogP) is 1.12. The molecule has 5 heteroatoms. The van der Waals surface area contributed by atoms with Crippen molar-refractivity contribution in [3.05, 3.63) is 24.0 Å². The third-order valence-electron chi connectivity index (χ3n) is 2.99. The maximum absolute atomic E-state index is 12.0. The summed E-state index contributed by atoms with van der Waals surface area (Å²) in [5.41, 5.74) is 6.72. The highest BCUT2D eigenvalue weighted by Gasteiger charge is 2.25. The van der Waals surface area contributed by atoms with E-state index >= 15 is 0 Å². The van der Waals surface area contributed by atoms with E-state index in [1.54, 1.807) is 12.1 Å². The van der Waals surface area contributed by atoms with Crippen LogP contribution in [0.2, 0.25) is 0 Å². The van der Waals surface area contributed by atoms with E-state index in [2.05, 4.69) is 10.3 Å². The maximum Gasteiger partial charge on any atom is 0.226 e. The van der Waals surface area contributed by atoms with Gasteiger partial charge >= 0.3 is 0 Å². The number of amides is 1. The summed E-state index contributed by atoms with van der Waals surface area (Å²) >= 11 is 0. The number of aliphatic hydroxyl groups excluding tert-OH is 1. The normalized spacial score (nSPS) is 13.1. The molecule has 0 aromatic carbocycles. The van der Waals surface area contributed by atoms with Gasteiger partial charge in [-0.3, -0.25) is 9.78 Å². The van der Waals surface area contributed by atoms with Crippen LogP contribution in [0.25, 0.3) is 0 Å². The molecule has 1 heterocycles. The van der Waals surface area contributed by atoms with Crippen LogP contribution < -0.4 is 11.1 Å². The second-order valence-corrected chi connectivity index (χ2v) is 5.76. The second kappa shape index (κ2) is 6.52. The Morgan fingerprint density at radius 3 is 2.63 bits per heavy atom. The van der Waals surface area contributed by atoms with Gasteiger partial charge in [-0.05, 0) is 24.0 Å². The molecule has 1 aromatic heterocycles. The van der Waals surface area contributed by atoms with Crippen LogP contribution in [0.1, 0.15) is 32.9 Å². The van der Waals surface area contributed by atoms with E-state index in [1.165, 1.54) is 6.20 Å². The Balaban J connectivity index is 2.60. The van der Waals surface area contributed by atoms with Gasteiger partial charge in [-0.2, -0.15) is 0 Å². The lowest BCUT2D eigenvalue weighted by Gasteiger charge is -2.31. The highest BCUT2D eigenvalue weighted by molar-refractivity contribution is 5.78. The van der Waals surface area contributed by atoms with Gasteiger partial charge in [0.25, 0.3) is 0 Å². The Bertz CT molecular complexity index is 410. The van der Waals surface area contributed by atoms with Gasteiger partial charge in [-0.1, -0.05) is 20.8 Å². The molecule has 106 valence electrons. The number of carbonyl (C=O) groups excluding carboxylic acids is 1. The van der Waals surface area contributed by atoms with Crippen molar-refractivity contribution in [2.24, 2.45) is 5.41 Å². The van der Waals surface area contributed by atoms with Gasteiger partial charge in [0.15, 0.2) is 0 Å². The summed E-state index contributed by atoms with van der Waals surface area (Å²) in [4.78, 5) is 16.1. The number of hydrogen-bond donors (Lipinski definition) is 3. The molecule has 0 aliphatic carbocycles. The van der Waals surface area contributed by atoms with Gasteiger partial charge in [0.05, 0.1) is 18.3 Å². The SMILES string of the molecule is CC(C)(C)C(CCO)NC(=O)Cc1ccc(N)cn1. The molecule has 1 unspecified atom stereocenters. The van der Waals surface area contributed by atoms with Crippen molar-refractivity contribution >= 4 is 11.6 Å². The number of nitrogen functional groups attached to an aromatic ring is 1.